The molecule has 420 valence electrons. The molecule has 2 aliphatic heterocycles. The van der Waals surface area contributed by atoms with E-state index in [1.165, 1.54) is 128 Å². The average molecular weight is 1020 g/mol. The van der Waals surface area contributed by atoms with E-state index in [1.54, 1.807) is 0 Å². The summed E-state index contributed by atoms with van der Waals surface area (Å²) < 4.78 is 23.1. The van der Waals surface area contributed by atoms with Crippen LogP contribution >= 0.6 is 0 Å². The highest BCUT2D eigenvalue weighted by Crippen LogP contribution is 2.30. The van der Waals surface area contributed by atoms with Gasteiger partial charge in [0.05, 0.1) is 32.0 Å². The van der Waals surface area contributed by atoms with Crippen LogP contribution in [0.5, 0.6) is 0 Å². The lowest BCUT2D eigenvalue weighted by Gasteiger charge is -2.47. The lowest BCUT2D eigenvalue weighted by Crippen LogP contribution is -2.68. The Labute approximate surface area is 427 Å². The van der Waals surface area contributed by atoms with Gasteiger partial charge in [0.15, 0.2) is 12.6 Å². The maximum Gasteiger partial charge on any atom is 0.249 e. The van der Waals surface area contributed by atoms with E-state index < -0.39 is 117 Å². The highest BCUT2D eigenvalue weighted by Gasteiger charge is 2.51. The molecule has 0 bridgehead atoms. The molecule has 17 nitrogen and oxygen atoms in total. The molecule has 2 aliphatic rings. The molecule has 0 aromatic rings. The number of carbonyl (C=O) groups excluding carboxylic acids is 2. The van der Waals surface area contributed by atoms with Crippen molar-refractivity contribution in [2.75, 3.05) is 19.8 Å². The van der Waals surface area contributed by atoms with E-state index in [0.29, 0.717) is 12.8 Å². The second-order valence-electron chi connectivity index (χ2n) is 20.7. The molecule has 0 radical (unpaired) electrons. The molecule has 0 aromatic heterocycles. The molecule has 17 heteroatoms. The zero-order valence-corrected chi connectivity index (χ0v) is 44.3. The summed E-state index contributed by atoms with van der Waals surface area (Å²) in [4.78, 5) is 25.4. The smallest absolute Gasteiger partial charge is 0.249 e. The summed E-state index contributed by atoms with van der Waals surface area (Å²) >= 11 is 0. The fourth-order valence-electron chi connectivity index (χ4n) is 9.80. The topological polar surface area (TPSA) is 277 Å². The Morgan fingerprint density at radius 1 is 0.521 bits per heavy atom. The van der Waals surface area contributed by atoms with E-state index in [2.05, 4.69) is 24.5 Å². The third kappa shape index (κ3) is 27.2. The Kier molecular flexibility index (Phi) is 37.6. The van der Waals surface area contributed by atoms with Crippen LogP contribution in [0.4, 0.5) is 0 Å². The number of carbonyl (C=O) groups is 2. The minimum absolute atomic E-state index is 0.195. The van der Waals surface area contributed by atoms with E-state index in [-0.39, 0.29) is 12.8 Å². The Hall–Kier alpha value is -1.58. The summed E-state index contributed by atoms with van der Waals surface area (Å²) in [5, 5.41) is 102. The van der Waals surface area contributed by atoms with Crippen molar-refractivity contribution in [1.82, 2.24) is 10.6 Å². The molecule has 0 aliphatic carbocycles. The first-order valence-electron chi connectivity index (χ1n) is 28.4. The summed E-state index contributed by atoms with van der Waals surface area (Å²) in [5.41, 5.74) is 0. The molecule has 0 spiro atoms. The lowest BCUT2D eigenvalue weighted by molar-refractivity contribution is -0.348. The monoisotopic (exact) mass is 1020 g/mol. The Morgan fingerprint density at radius 3 is 1.34 bits per heavy atom. The third-order valence-electron chi connectivity index (χ3n) is 14.4. The number of rotatable bonds is 44. The third-order valence-corrected chi connectivity index (χ3v) is 14.4. The second kappa shape index (κ2) is 40.7. The number of hydrogen-bond donors (Lipinski definition) is 11. The summed E-state index contributed by atoms with van der Waals surface area (Å²) in [7, 11) is 0. The molecule has 2 amide bonds. The van der Waals surface area contributed by atoms with E-state index in [4.69, 9.17) is 18.9 Å². The Bertz CT molecular complexity index is 1310. The minimum Gasteiger partial charge on any atom is -0.394 e. The van der Waals surface area contributed by atoms with Crippen molar-refractivity contribution in [3.05, 3.63) is 0 Å². The number of aliphatic hydroxyl groups excluding tert-OH is 9. The number of amides is 2. The first-order chi connectivity index (χ1) is 34.3. The van der Waals surface area contributed by atoms with Gasteiger partial charge < -0.3 is 75.5 Å². The van der Waals surface area contributed by atoms with E-state index in [9.17, 15) is 55.5 Å². The molecule has 11 N–H and O–H groups in total. The van der Waals surface area contributed by atoms with E-state index >= 15 is 0 Å². The number of hydrogen-bond acceptors (Lipinski definition) is 15. The summed E-state index contributed by atoms with van der Waals surface area (Å²) in [6, 6.07) is -2.71. The number of aliphatic hydroxyl groups is 9. The molecule has 2 saturated heterocycles. The standard InChI is InChI=1S/C54H104N2O15/c1-4-6-8-10-12-14-16-17-18-19-20-21-22-23-24-25-27-29-31-33-35-42(61)52(67)56-40(46(62)41(60)34-32-30-28-26-15-13-11-9-7-5-2)38-68-54-50(66)51(48(64)44(37-58)70-54)71-53-45(55-39(3)59)49(65)47(63)43(36-57)69-53/h40-51,53-54,57-58,60-66H,4-38H2,1-3H3,(H,55,59)(H,56,67)/t40-,41+,42+,43+,44+,45+,46-,47-,48-,49+,50+,51-,53+,54-/m0/s1. The van der Waals surface area contributed by atoms with Gasteiger partial charge in [0.1, 0.15) is 61.0 Å². The van der Waals surface area contributed by atoms with Crippen LogP contribution in [0.2, 0.25) is 0 Å². The quantitative estimate of drug-likeness (QED) is 0.0319. The zero-order chi connectivity index (χ0) is 52.2. The van der Waals surface area contributed by atoms with E-state index in [0.717, 1.165) is 58.3 Å². The molecular weight excluding hydrogens is 917 g/mol. The summed E-state index contributed by atoms with van der Waals surface area (Å²) in [5.74, 6) is -1.40. The lowest BCUT2D eigenvalue weighted by atomic mass is 9.95. The van der Waals surface area contributed by atoms with Gasteiger partial charge in [-0.1, -0.05) is 206 Å². The fourth-order valence-corrected chi connectivity index (χ4v) is 9.80. The largest absolute Gasteiger partial charge is 0.394 e. The van der Waals surface area contributed by atoms with Gasteiger partial charge in [0, 0.05) is 6.92 Å². The summed E-state index contributed by atoms with van der Waals surface area (Å²) in [6.45, 7) is 3.53. The molecule has 71 heavy (non-hydrogen) atoms. The molecule has 14 atom stereocenters. The highest BCUT2D eigenvalue weighted by atomic mass is 16.7. The van der Waals surface area contributed by atoms with Crippen molar-refractivity contribution in [2.45, 2.75) is 312 Å². The van der Waals surface area contributed by atoms with Gasteiger partial charge in [0.25, 0.3) is 0 Å². The first-order valence-corrected chi connectivity index (χ1v) is 28.4. The average Bonchev–Trinajstić information content (AvgIpc) is 3.35. The summed E-state index contributed by atoms with van der Waals surface area (Å²) in [6.07, 6.45) is 17.2. The normalized spacial score (nSPS) is 26.5. The van der Waals surface area contributed by atoms with E-state index in [1.807, 2.05) is 0 Å². The molecule has 0 aromatic carbocycles. The predicted octanol–water partition coefficient (Wildman–Crippen LogP) is 5.86. The number of nitrogens with one attached hydrogen (secondary N) is 2. The first kappa shape index (κ1) is 65.5. The minimum atomic E-state index is -1.85. The van der Waals surface area contributed by atoms with Crippen molar-refractivity contribution in [2.24, 2.45) is 0 Å². The van der Waals surface area contributed by atoms with Gasteiger partial charge in [-0.25, -0.2) is 0 Å². The van der Waals surface area contributed by atoms with Crippen LogP contribution in [0.25, 0.3) is 0 Å². The van der Waals surface area contributed by atoms with Gasteiger partial charge in [-0.2, -0.15) is 0 Å². The van der Waals surface area contributed by atoms with Crippen LogP contribution in [0.1, 0.15) is 226 Å². The van der Waals surface area contributed by atoms with Crippen molar-refractivity contribution in [3.8, 4) is 0 Å². The van der Waals surface area contributed by atoms with Gasteiger partial charge in [-0.3, -0.25) is 9.59 Å². The van der Waals surface area contributed by atoms with Crippen LogP contribution in [0.15, 0.2) is 0 Å². The molecular formula is C54H104N2O15. The number of ether oxygens (including phenoxy) is 4. The van der Waals surface area contributed by atoms with Crippen LogP contribution in [0.3, 0.4) is 0 Å². The van der Waals surface area contributed by atoms with Gasteiger partial charge >= 0.3 is 0 Å². The highest BCUT2D eigenvalue weighted by molar-refractivity contribution is 5.80. The molecule has 2 fully saturated rings. The molecule has 0 unspecified atom stereocenters. The zero-order valence-electron chi connectivity index (χ0n) is 44.3. The molecule has 2 rings (SSSR count). The second-order valence-corrected chi connectivity index (χ2v) is 20.7. The van der Waals surface area contributed by atoms with Crippen molar-refractivity contribution >= 4 is 11.8 Å². The van der Waals surface area contributed by atoms with Crippen molar-refractivity contribution in [1.29, 1.82) is 0 Å². The maximum absolute atomic E-state index is 13.4. The van der Waals surface area contributed by atoms with Crippen LogP contribution < -0.4 is 10.6 Å². The maximum atomic E-state index is 13.4. The van der Waals surface area contributed by atoms with Crippen molar-refractivity contribution < 1.29 is 74.5 Å². The fraction of sp³-hybridized carbons (Fsp3) is 0.963. The molecule has 2 heterocycles. The Morgan fingerprint density at radius 2 is 0.915 bits per heavy atom. The SMILES string of the molecule is CCCCCCCCCCCCCCCCCCCCCC[C@@H](O)C(=O)N[C@@H](CO[C@H]1O[C@H](CO)[C@H](O)[C@H](O[C@H]2O[C@H](CO)[C@H](O)[C@H](O)[C@H]2NC(C)=O)[C@H]1O)[C@H](O)[C@H](O)CCCCCCCCCCCC. The van der Waals surface area contributed by atoms with Gasteiger partial charge in [-0.05, 0) is 12.8 Å². The van der Waals surface area contributed by atoms with Crippen molar-refractivity contribution in [3.63, 3.8) is 0 Å². The van der Waals surface area contributed by atoms with Gasteiger partial charge in [0.2, 0.25) is 11.8 Å². The van der Waals surface area contributed by atoms with Crippen LogP contribution in [-0.4, -0.2) is 163 Å². The predicted molar refractivity (Wildman–Crippen MR) is 273 cm³/mol. The van der Waals surface area contributed by atoms with Crippen LogP contribution in [-0.2, 0) is 28.5 Å². The van der Waals surface area contributed by atoms with Crippen LogP contribution in [0, 0.1) is 0 Å². The Balaban J connectivity index is 1.92. The molecule has 0 saturated carbocycles. The van der Waals surface area contributed by atoms with Gasteiger partial charge in [-0.15, -0.1) is 0 Å². The number of unbranched alkanes of at least 4 members (excludes halogenated alkanes) is 28.